The van der Waals surface area contributed by atoms with E-state index in [4.69, 9.17) is 4.74 Å². The third-order valence-electron chi connectivity index (χ3n) is 6.84. The Morgan fingerprint density at radius 1 is 1.23 bits per heavy atom. The highest BCUT2D eigenvalue weighted by atomic mass is 19.1. The molecule has 2 N–H and O–H groups in total. The molecule has 2 fully saturated rings. The molecule has 0 bridgehead atoms. The van der Waals surface area contributed by atoms with Crippen LogP contribution in [-0.2, 0) is 11.3 Å². The molecular weight excluding hydrogens is 452 g/mol. The summed E-state index contributed by atoms with van der Waals surface area (Å²) in [6.45, 7) is 6.85. The number of nitrogens with one attached hydrogen (secondary N) is 1. The van der Waals surface area contributed by atoms with Crippen molar-refractivity contribution in [3.8, 4) is 11.3 Å². The number of hydrogen-bond acceptors (Lipinski definition) is 7. The lowest BCUT2D eigenvalue weighted by atomic mass is 9.92. The SMILES string of the molecule is CC(C)c1c(CN2CC[C@@H](F)C2)cnc2ccc(-c3nc(N[C@@H]4CCOC[C@H]4O)ncc3F)cc12. The summed E-state index contributed by atoms with van der Waals surface area (Å²) in [5.41, 5.74) is 3.84. The van der Waals surface area contributed by atoms with Gasteiger partial charge >= 0.3 is 0 Å². The average Bonchev–Trinajstić information content (AvgIpc) is 3.25. The van der Waals surface area contributed by atoms with Crippen LogP contribution in [0.1, 0.15) is 43.7 Å². The summed E-state index contributed by atoms with van der Waals surface area (Å²) in [5, 5.41) is 14.2. The molecular formula is C26H31F2N5O2. The van der Waals surface area contributed by atoms with Gasteiger partial charge in [0.1, 0.15) is 11.9 Å². The second-order valence-corrected chi connectivity index (χ2v) is 9.78. The van der Waals surface area contributed by atoms with Gasteiger partial charge in [0.25, 0.3) is 0 Å². The monoisotopic (exact) mass is 483 g/mol. The van der Waals surface area contributed by atoms with E-state index in [0.717, 1.165) is 34.8 Å². The molecule has 1 aromatic carbocycles. The molecule has 9 heteroatoms. The molecule has 7 nitrogen and oxygen atoms in total. The second-order valence-electron chi connectivity index (χ2n) is 9.78. The van der Waals surface area contributed by atoms with Gasteiger partial charge in [-0.25, -0.2) is 18.7 Å². The lowest BCUT2D eigenvalue weighted by molar-refractivity contribution is -0.0136. The molecule has 2 aromatic heterocycles. The maximum Gasteiger partial charge on any atom is 0.223 e. The number of anilines is 1. The van der Waals surface area contributed by atoms with Gasteiger partial charge in [-0.15, -0.1) is 0 Å². The molecule has 2 aliphatic rings. The molecule has 3 atom stereocenters. The zero-order chi connectivity index (χ0) is 24.5. The van der Waals surface area contributed by atoms with Crippen LogP contribution in [0.25, 0.3) is 22.2 Å². The minimum Gasteiger partial charge on any atom is -0.389 e. The number of hydrogen-bond donors (Lipinski definition) is 2. The van der Waals surface area contributed by atoms with Crippen LogP contribution in [0.4, 0.5) is 14.7 Å². The number of likely N-dealkylation sites (tertiary alicyclic amines) is 1. The van der Waals surface area contributed by atoms with Gasteiger partial charge in [0, 0.05) is 43.4 Å². The summed E-state index contributed by atoms with van der Waals surface area (Å²) in [4.78, 5) is 15.3. The fourth-order valence-electron chi connectivity index (χ4n) is 5.08. The Morgan fingerprint density at radius 2 is 2.09 bits per heavy atom. The lowest BCUT2D eigenvalue weighted by Gasteiger charge is -2.28. The predicted molar refractivity (Wildman–Crippen MR) is 130 cm³/mol. The van der Waals surface area contributed by atoms with Crippen molar-refractivity contribution in [2.45, 2.75) is 57.5 Å². The predicted octanol–water partition coefficient (Wildman–Crippen LogP) is 4.06. The second kappa shape index (κ2) is 10.1. The number of alkyl halides is 1. The number of aliphatic hydroxyl groups excluding tert-OH is 1. The van der Waals surface area contributed by atoms with Crippen molar-refractivity contribution in [2.24, 2.45) is 0 Å². The maximum absolute atomic E-state index is 14.9. The number of pyridine rings is 1. The van der Waals surface area contributed by atoms with Crippen LogP contribution in [0.2, 0.25) is 0 Å². The van der Waals surface area contributed by atoms with E-state index in [1.165, 1.54) is 0 Å². The third-order valence-corrected chi connectivity index (χ3v) is 6.84. The highest BCUT2D eigenvalue weighted by Gasteiger charge is 2.26. The Labute approximate surface area is 203 Å². The number of ether oxygens (including phenoxy) is 1. The number of aliphatic hydroxyl groups is 1. The van der Waals surface area contributed by atoms with Gasteiger partial charge < -0.3 is 15.2 Å². The largest absolute Gasteiger partial charge is 0.389 e. The topological polar surface area (TPSA) is 83.4 Å². The number of aromatic nitrogens is 3. The quantitative estimate of drug-likeness (QED) is 0.547. The molecule has 0 amide bonds. The van der Waals surface area contributed by atoms with Crippen LogP contribution < -0.4 is 5.32 Å². The van der Waals surface area contributed by atoms with Gasteiger partial charge in [-0.3, -0.25) is 9.88 Å². The van der Waals surface area contributed by atoms with Crippen molar-refractivity contribution >= 4 is 16.9 Å². The summed E-state index contributed by atoms with van der Waals surface area (Å²) >= 11 is 0. The van der Waals surface area contributed by atoms with Crippen molar-refractivity contribution in [2.75, 3.05) is 31.6 Å². The molecule has 0 aliphatic carbocycles. The van der Waals surface area contributed by atoms with Crippen molar-refractivity contribution in [1.82, 2.24) is 19.9 Å². The molecule has 0 spiro atoms. The van der Waals surface area contributed by atoms with Gasteiger partial charge in [0.05, 0.1) is 30.5 Å². The van der Waals surface area contributed by atoms with E-state index in [-0.39, 0.29) is 30.2 Å². The van der Waals surface area contributed by atoms with Crippen molar-refractivity contribution in [3.63, 3.8) is 0 Å². The van der Waals surface area contributed by atoms with Gasteiger partial charge in [-0.05, 0) is 42.0 Å². The number of fused-ring (bicyclic) bond motifs is 1. The number of halogens is 2. The summed E-state index contributed by atoms with van der Waals surface area (Å²) in [7, 11) is 0. The van der Waals surface area contributed by atoms with Crippen LogP contribution in [0.3, 0.4) is 0 Å². The Hall–Kier alpha value is -2.75. The normalized spacial score (nSPS) is 23.3. The number of benzene rings is 1. The zero-order valence-electron chi connectivity index (χ0n) is 20.0. The Balaban J connectivity index is 1.50. The minimum atomic E-state index is -0.775. The highest BCUT2D eigenvalue weighted by molar-refractivity contribution is 5.88. The van der Waals surface area contributed by atoms with Crippen molar-refractivity contribution in [1.29, 1.82) is 0 Å². The zero-order valence-corrected chi connectivity index (χ0v) is 20.0. The summed E-state index contributed by atoms with van der Waals surface area (Å²) in [6.07, 6.45) is 2.76. The van der Waals surface area contributed by atoms with E-state index in [9.17, 15) is 13.9 Å². The summed E-state index contributed by atoms with van der Waals surface area (Å²) < 4.78 is 33.9. The molecule has 0 saturated carbocycles. The first-order valence-corrected chi connectivity index (χ1v) is 12.2. The van der Waals surface area contributed by atoms with Crippen LogP contribution in [0.5, 0.6) is 0 Å². The van der Waals surface area contributed by atoms with Crippen LogP contribution in [0.15, 0.2) is 30.6 Å². The van der Waals surface area contributed by atoms with E-state index in [0.29, 0.717) is 38.1 Å². The van der Waals surface area contributed by atoms with Gasteiger partial charge in [0.2, 0.25) is 5.95 Å². The Bertz CT molecular complexity index is 1210. The summed E-state index contributed by atoms with van der Waals surface area (Å²) in [6, 6.07) is 5.37. The highest BCUT2D eigenvalue weighted by Crippen LogP contribution is 2.33. The molecule has 2 aliphatic heterocycles. The van der Waals surface area contributed by atoms with Crippen molar-refractivity contribution < 1.29 is 18.6 Å². The number of rotatable bonds is 6. The molecule has 5 rings (SSSR count). The van der Waals surface area contributed by atoms with Gasteiger partial charge in [-0.1, -0.05) is 19.9 Å². The first-order valence-electron chi connectivity index (χ1n) is 12.2. The van der Waals surface area contributed by atoms with Crippen LogP contribution >= 0.6 is 0 Å². The first-order chi connectivity index (χ1) is 16.9. The molecule has 3 aromatic rings. The Kier molecular flexibility index (Phi) is 6.91. The van der Waals surface area contributed by atoms with Gasteiger partial charge in [-0.2, -0.15) is 0 Å². The Morgan fingerprint density at radius 3 is 2.83 bits per heavy atom. The maximum atomic E-state index is 14.9. The van der Waals surface area contributed by atoms with Crippen LogP contribution in [0, 0.1) is 5.82 Å². The molecule has 2 saturated heterocycles. The molecule has 0 unspecified atom stereocenters. The molecule has 0 radical (unpaired) electrons. The van der Waals surface area contributed by atoms with E-state index >= 15 is 0 Å². The van der Waals surface area contributed by atoms with E-state index in [2.05, 4.69) is 39.0 Å². The van der Waals surface area contributed by atoms with Crippen molar-refractivity contribution in [3.05, 3.63) is 47.5 Å². The van der Waals surface area contributed by atoms with E-state index < -0.39 is 18.1 Å². The van der Waals surface area contributed by atoms with E-state index in [1.807, 2.05) is 24.4 Å². The fraction of sp³-hybridized carbons (Fsp3) is 0.500. The lowest BCUT2D eigenvalue weighted by Crippen LogP contribution is -2.42. The smallest absolute Gasteiger partial charge is 0.223 e. The fourth-order valence-corrected chi connectivity index (χ4v) is 5.08. The first kappa shape index (κ1) is 24.0. The summed E-state index contributed by atoms with van der Waals surface area (Å²) in [5.74, 6) is -0.0566. The standard InChI is InChI=1S/C26H31F2N5O2/c1-15(2)24-17(12-33-7-5-18(27)13-33)10-29-21-4-3-16(9-19(21)24)25-20(28)11-30-26(32-25)31-22-6-8-35-14-23(22)34/h3-4,9-11,15,18,22-23,34H,5-8,12-14H2,1-2H3,(H,30,31,32)/t18-,22-,23-/m1/s1. The third kappa shape index (κ3) is 5.12. The molecule has 186 valence electrons. The molecule has 4 heterocycles. The molecule has 35 heavy (non-hydrogen) atoms. The minimum absolute atomic E-state index is 0.186. The van der Waals surface area contributed by atoms with E-state index in [1.54, 1.807) is 0 Å². The average molecular weight is 484 g/mol. The number of nitrogens with zero attached hydrogens (tertiary/aromatic N) is 4. The van der Waals surface area contributed by atoms with Gasteiger partial charge in [0.15, 0.2) is 5.82 Å². The van der Waals surface area contributed by atoms with Crippen LogP contribution in [-0.4, -0.2) is 69.6 Å².